The highest BCUT2D eigenvalue weighted by Crippen LogP contribution is 2.31. The maximum absolute atomic E-state index is 12.3. The van der Waals surface area contributed by atoms with Crippen LogP contribution in [-0.4, -0.2) is 24.6 Å². The molecule has 0 aromatic rings. The second-order valence-electron chi connectivity index (χ2n) is 7.95. The lowest BCUT2D eigenvalue weighted by atomic mass is 9.82. The fourth-order valence-corrected chi connectivity index (χ4v) is 3.79. The van der Waals surface area contributed by atoms with Crippen molar-refractivity contribution in [3.8, 4) is 0 Å². The van der Waals surface area contributed by atoms with Crippen LogP contribution in [0.4, 0.5) is 0 Å². The van der Waals surface area contributed by atoms with Gasteiger partial charge in [-0.05, 0) is 70.1 Å². The standard InChI is InChI=1S/C20H34O4/c1-15(2)7-6-14-23-19(21)16-10-12-17(13-11-16)20(22)24-18-8-4-3-5-9-18/h15-18H,3-14H2,1-2H3. The Morgan fingerprint density at radius 3 is 2.04 bits per heavy atom. The van der Waals surface area contributed by atoms with Crippen LogP contribution < -0.4 is 0 Å². The molecule has 0 aromatic carbocycles. The summed E-state index contributed by atoms with van der Waals surface area (Å²) < 4.78 is 11.1. The van der Waals surface area contributed by atoms with Crippen molar-refractivity contribution >= 4 is 11.9 Å². The van der Waals surface area contributed by atoms with Crippen molar-refractivity contribution in [2.75, 3.05) is 6.61 Å². The monoisotopic (exact) mass is 338 g/mol. The molecule has 2 rings (SSSR count). The maximum atomic E-state index is 12.3. The zero-order chi connectivity index (χ0) is 17.4. The van der Waals surface area contributed by atoms with E-state index >= 15 is 0 Å². The average Bonchev–Trinajstić information content (AvgIpc) is 2.59. The van der Waals surface area contributed by atoms with Crippen LogP contribution in [-0.2, 0) is 19.1 Å². The van der Waals surface area contributed by atoms with Gasteiger partial charge in [-0.3, -0.25) is 9.59 Å². The van der Waals surface area contributed by atoms with Gasteiger partial charge >= 0.3 is 11.9 Å². The van der Waals surface area contributed by atoms with E-state index in [-0.39, 0.29) is 29.9 Å². The summed E-state index contributed by atoms with van der Waals surface area (Å²) in [6.45, 7) is 4.88. The van der Waals surface area contributed by atoms with Gasteiger partial charge in [0.2, 0.25) is 0 Å². The molecule has 0 spiro atoms. The fraction of sp³-hybridized carbons (Fsp3) is 0.900. The Morgan fingerprint density at radius 2 is 1.46 bits per heavy atom. The summed E-state index contributed by atoms with van der Waals surface area (Å²) in [4.78, 5) is 24.4. The van der Waals surface area contributed by atoms with Gasteiger partial charge in [-0.15, -0.1) is 0 Å². The Balaban J connectivity index is 1.63. The fourth-order valence-electron chi connectivity index (χ4n) is 3.79. The molecule has 2 fully saturated rings. The summed E-state index contributed by atoms with van der Waals surface area (Å²) in [5.74, 6) is 0.498. The van der Waals surface area contributed by atoms with Crippen LogP contribution in [0.1, 0.15) is 84.5 Å². The SMILES string of the molecule is CC(C)CCCOC(=O)C1CCC(C(=O)OC2CCCCC2)CC1. The van der Waals surface area contributed by atoms with E-state index in [1.165, 1.54) is 19.3 Å². The molecule has 138 valence electrons. The Kier molecular flexibility index (Phi) is 8.07. The summed E-state index contributed by atoms with van der Waals surface area (Å²) in [6.07, 6.45) is 10.8. The molecule has 0 bridgehead atoms. The number of ether oxygens (including phenoxy) is 2. The van der Waals surface area contributed by atoms with Crippen molar-refractivity contribution < 1.29 is 19.1 Å². The summed E-state index contributed by atoms with van der Waals surface area (Å²) in [5, 5.41) is 0. The van der Waals surface area contributed by atoms with E-state index in [2.05, 4.69) is 13.8 Å². The molecule has 0 heterocycles. The number of hydrogen-bond acceptors (Lipinski definition) is 4. The van der Waals surface area contributed by atoms with Crippen LogP contribution in [0.15, 0.2) is 0 Å². The first-order valence-electron chi connectivity index (χ1n) is 9.93. The van der Waals surface area contributed by atoms with Gasteiger partial charge in [0.25, 0.3) is 0 Å². The molecule has 0 saturated heterocycles. The predicted molar refractivity (Wildman–Crippen MR) is 93.4 cm³/mol. The lowest BCUT2D eigenvalue weighted by Crippen LogP contribution is -2.31. The van der Waals surface area contributed by atoms with Gasteiger partial charge in [0.05, 0.1) is 18.4 Å². The lowest BCUT2D eigenvalue weighted by Gasteiger charge is -2.28. The molecule has 2 saturated carbocycles. The van der Waals surface area contributed by atoms with E-state index in [4.69, 9.17) is 9.47 Å². The third-order valence-corrected chi connectivity index (χ3v) is 5.40. The minimum absolute atomic E-state index is 0.0167. The third kappa shape index (κ3) is 6.45. The van der Waals surface area contributed by atoms with Crippen LogP contribution in [0.2, 0.25) is 0 Å². The van der Waals surface area contributed by atoms with Gasteiger partial charge in [-0.2, -0.15) is 0 Å². The van der Waals surface area contributed by atoms with E-state index in [9.17, 15) is 9.59 Å². The van der Waals surface area contributed by atoms with E-state index in [1.54, 1.807) is 0 Å². The zero-order valence-corrected chi connectivity index (χ0v) is 15.4. The van der Waals surface area contributed by atoms with Gasteiger partial charge in [0, 0.05) is 0 Å². The largest absolute Gasteiger partial charge is 0.465 e. The first kappa shape index (κ1) is 19.3. The molecule has 0 N–H and O–H groups in total. The summed E-state index contributed by atoms with van der Waals surface area (Å²) in [7, 11) is 0. The molecule has 0 atom stereocenters. The lowest BCUT2D eigenvalue weighted by molar-refractivity contribution is -0.159. The zero-order valence-electron chi connectivity index (χ0n) is 15.4. The Labute approximate surface area is 146 Å². The number of esters is 2. The van der Waals surface area contributed by atoms with Gasteiger partial charge in [0.1, 0.15) is 6.10 Å². The third-order valence-electron chi connectivity index (χ3n) is 5.40. The van der Waals surface area contributed by atoms with Crippen molar-refractivity contribution in [3.63, 3.8) is 0 Å². The molecule has 0 unspecified atom stereocenters. The van der Waals surface area contributed by atoms with Gasteiger partial charge in [-0.1, -0.05) is 20.3 Å². The van der Waals surface area contributed by atoms with Crippen molar-refractivity contribution in [2.45, 2.75) is 90.6 Å². The topological polar surface area (TPSA) is 52.6 Å². The van der Waals surface area contributed by atoms with Crippen molar-refractivity contribution in [3.05, 3.63) is 0 Å². The van der Waals surface area contributed by atoms with E-state index in [1.807, 2.05) is 0 Å². The quantitative estimate of drug-likeness (QED) is 0.501. The summed E-state index contributed by atoms with van der Waals surface area (Å²) in [6, 6.07) is 0. The van der Waals surface area contributed by atoms with Crippen LogP contribution in [0.5, 0.6) is 0 Å². The molecule has 2 aliphatic rings. The van der Waals surface area contributed by atoms with Crippen LogP contribution >= 0.6 is 0 Å². The molecular formula is C20H34O4. The number of carbonyl (C=O) groups excluding carboxylic acids is 2. The number of hydrogen-bond donors (Lipinski definition) is 0. The van der Waals surface area contributed by atoms with Crippen LogP contribution in [0.25, 0.3) is 0 Å². The first-order valence-corrected chi connectivity index (χ1v) is 9.93. The molecule has 2 aliphatic carbocycles. The predicted octanol–water partition coefficient (Wildman–Crippen LogP) is 4.65. The molecule has 24 heavy (non-hydrogen) atoms. The second kappa shape index (κ2) is 10.0. The molecule has 0 aliphatic heterocycles. The average molecular weight is 338 g/mol. The van der Waals surface area contributed by atoms with Gasteiger partial charge in [0.15, 0.2) is 0 Å². The Bertz CT molecular complexity index is 390. The summed E-state index contributed by atoms with van der Waals surface area (Å²) in [5.41, 5.74) is 0. The molecule has 4 nitrogen and oxygen atoms in total. The Hall–Kier alpha value is -1.06. The van der Waals surface area contributed by atoms with Crippen molar-refractivity contribution in [1.82, 2.24) is 0 Å². The molecule has 0 radical (unpaired) electrons. The van der Waals surface area contributed by atoms with Crippen LogP contribution in [0, 0.1) is 17.8 Å². The minimum atomic E-state index is -0.0714. The van der Waals surface area contributed by atoms with Crippen molar-refractivity contribution in [1.29, 1.82) is 0 Å². The maximum Gasteiger partial charge on any atom is 0.309 e. The van der Waals surface area contributed by atoms with Crippen LogP contribution in [0.3, 0.4) is 0 Å². The van der Waals surface area contributed by atoms with E-state index in [0.29, 0.717) is 12.5 Å². The highest BCUT2D eigenvalue weighted by Gasteiger charge is 2.32. The van der Waals surface area contributed by atoms with Crippen molar-refractivity contribution in [2.24, 2.45) is 17.8 Å². The summed E-state index contributed by atoms with van der Waals surface area (Å²) >= 11 is 0. The smallest absolute Gasteiger partial charge is 0.309 e. The number of rotatable bonds is 7. The van der Waals surface area contributed by atoms with Gasteiger partial charge in [-0.25, -0.2) is 0 Å². The Morgan fingerprint density at radius 1 is 0.875 bits per heavy atom. The normalized spacial score (nSPS) is 25.5. The number of carbonyl (C=O) groups is 2. The van der Waals surface area contributed by atoms with E-state index < -0.39 is 0 Å². The minimum Gasteiger partial charge on any atom is -0.465 e. The second-order valence-corrected chi connectivity index (χ2v) is 7.95. The highest BCUT2D eigenvalue weighted by molar-refractivity contribution is 5.75. The molecule has 0 aromatic heterocycles. The highest BCUT2D eigenvalue weighted by atomic mass is 16.5. The molecule has 4 heteroatoms. The van der Waals surface area contributed by atoms with Gasteiger partial charge < -0.3 is 9.47 Å². The van der Waals surface area contributed by atoms with E-state index in [0.717, 1.165) is 51.4 Å². The first-order chi connectivity index (χ1) is 11.6. The molecular weight excluding hydrogens is 304 g/mol. The molecule has 0 amide bonds.